The molecule has 1 aliphatic carbocycles. The molecule has 168 valence electrons. The highest BCUT2D eigenvalue weighted by Gasteiger charge is 2.43. The van der Waals surface area contributed by atoms with E-state index in [0.29, 0.717) is 34.0 Å². The Labute approximate surface area is 191 Å². The van der Waals surface area contributed by atoms with E-state index in [1.807, 2.05) is 13.8 Å². The summed E-state index contributed by atoms with van der Waals surface area (Å²) in [6.07, 6.45) is 2.85. The zero-order valence-electron chi connectivity index (χ0n) is 18.4. The Hall–Kier alpha value is -3.00. The summed E-state index contributed by atoms with van der Waals surface area (Å²) in [5, 5.41) is 3.26. The number of rotatable bonds is 6. The molecule has 3 N–H and O–H groups in total. The average Bonchev–Trinajstić information content (AvgIpc) is 3.20. The summed E-state index contributed by atoms with van der Waals surface area (Å²) in [6.45, 7) is 6.02. The zero-order chi connectivity index (χ0) is 23.2. The average molecular weight is 454 g/mol. The number of nitrogens with zero attached hydrogens (tertiary/aromatic N) is 1. The van der Waals surface area contributed by atoms with Crippen molar-refractivity contribution in [3.63, 3.8) is 0 Å². The van der Waals surface area contributed by atoms with Crippen molar-refractivity contribution in [1.82, 2.24) is 4.90 Å². The Bertz CT molecular complexity index is 1090. The Morgan fingerprint density at radius 2 is 1.81 bits per heavy atom. The third-order valence-electron chi connectivity index (χ3n) is 6.13. The zero-order valence-corrected chi connectivity index (χ0v) is 19.3. The second kappa shape index (κ2) is 8.50. The van der Waals surface area contributed by atoms with Crippen molar-refractivity contribution in [2.45, 2.75) is 52.5 Å². The van der Waals surface area contributed by atoms with Gasteiger partial charge >= 0.3 is 0 Å². The van der Waals surface area contributed by atoms with Gasteiger partial charge in [-0.1, -0.05) is 32.9 Å². The van der Waals surface area contributed by atoms with Crippen LogP contribution in [-0.4, -0.2) is 34.6 Å². The summed E-state index contributed by atoms with van der Waals surface area (Å²) < 4.78 is 0. The molecule has 2 heterocycles. The molecule has 7 nitrogen and oxygen atoms in total. The first-order chi connectivity index (χ1) is 15.2. The summed E-state index contributed by atoms with van der Waals surface area (Å²) in [7, 11) is 0. The number of nitrogens with two attached hydrogens (primary N) is 1. The van der Waals surface area contributed by atoms with Gasteiger partial charge in [-0.25, -0.2) is 0 Å². The van der Waals surface area contributed by atoms with Crippen molar-refractivity contribution < 1.29 is 19.2 Å². The van der Waals surface area contributed by atoms with Crippen LogP contribution in [-0.2, 0) is 17.6 Å². The van der Waals surface area contributed by atoms with Gasteiger partial charge in [0.15, 0.2) is 0 Å². The van der Waals surface area contributed by atoms with E-state index in [1.54, 1.807) is 24.3 Å². The largest absolute Gasteiger partial charge is 0.365 e. The number of hydrogen-bond acceptors (Lipinski definition) is 5. The highest BCUT2D eigenvalue weighted by atomic mass is 32.1. The summed E-state index contributed by atoms with van der Waals surface area (Å²) in [5.41, 5.74) is 7.55. The maximum atomic E-state index is 13.4. The van der Waals surface area contributed by atoms with Crippen molar-refractivity contribution in [1.29, 1.82) is 0 Å². The molecule has 0 radical (unpaired) electrons. The van der Waals surface area contributed by atoms with Gasteiger partial charge in [-0.15, -0.1) is 11.3 Å². The number of fused-ring (bicyclic) bond motifs is 2. The number of thiophene rings is 1. The van der Waals surface area contributed by atoms with Crippen LogP contribution >= 0.6 is 11.3 Å². The van der Waals surface area contributed by atoms with E-state index in [9.17, 15) is 19.2 Å². The lowest BCUT2D eigenvalue weighted by atomic mass is 9.88. The number of amides is 4. The van der Waals surface area contributed by atoms with Crippen molar-refractivity contribution >= 4 is 40.0 Å². The van der Waals surface area contributed by atoms with E-state index in [2.05, 4.69) is 12.2 Å². The topological polar surface area (TPSA) is 110 Å². The monoisotopic (exact) mass is 453 g/mol. The maximum Gasteiger partial charge on any atom is 0.262 e. The lowest BCUT2D eigenvalue weighted by Crippen LogP contribution is -2.48. The Balaban J connectivity index is 1.67. The molecule has 0 saturated carbocycles. The highest BCUT2D eigenvalue weighted by Crippen LogP contribution is 2.40. The fourth-order valence-corrected chi connectivity index (χ4v) is 5.98. The summed E-state index contributed by atoms with van der Waals surface area (Å²) in [4.78, 5) is 53.8. The standard InChI is InChI=1S/C24H27N3O4S/c1-12(2)10-17(27-23(30)14-6-4-5-7-15(14)24(27)31)21(29)26-22-19(20(25)28)16-9-8-13(3)11-18(16)32-22/h4-7,12-13,17H,8-11H2,1-3H3,(H2,25,28)(H,26,29)/t13-,17+/m0/s1. The quantitative estimate of drug-likeness (QED) is 0.651. The molecule has 0 unspecified atom stereocenters. The molecule has 8 heteroatoms. The maximum absolute atomic E-state index is 13.4. The van der Waals surface area contributed by atoms with Crippen LogP contribution in [0.3, 0.4) is 0 Å². The molecule has 1 aromatic heterocycles. The molecule has 0 bridgehead atoms. The molecule has 0 spiro atoms. The summed E-state index contributed by atoms with van der Waals surface area (Å²) in [6, 6.07) is 5.60. The number of benzene rings is 1. The summed E-state index contributed by atoms with van der Waals surface area (Å²) in [5.74, 6) is -1.45. The number of hydrogen-bond donors (Lipinski definition) is 2. The molecule has 0 saturated heterocycles. The van der Waals surface area contributed by atoms with Crippen molar-refractivity contribution in [3.05, 3.63) is 51.4 Å². The normalized spacial score (nSPS) is 18.5. The van der Waals surface area contributed by atoms with Crippen LogP contribution in [0.25, 0.3) is 0 Å². The predicted molar refractivity (Wildman–Crippen MR) is 123 cm³/mol. The van der Waals surface area contributed by atoms with Gasteiger partial charge in [-0.2, -0.15) is 0 Å². The van der Waals surface area contributed by atoms with E-state index in [4.69, 9.17) is 5.73 Å². The molecular weight excluding hydrogens is 426 g/mol. The van der Waals surface area contributed by atoms with Gasteiger partial charge in [0.1, 0.15) is 11.0 Å². The minimum absolute atomic E-state index is 0.0584. The third kappa shape index (κ3) is 3.83. The van der Waals surface area contributed by atoms with Crippen LogP contribution < -0.4 is 11.1 Å². The fraction of sp³-hybridized carbons (Fsp3) is 0.417. The number of imide groups is 1. The molecular formula is C24H27N3O4S. The molecule has 4 rings (SSSR count). The van der Waals surface area contributed by atoms with Crippen LogP contribution in [0.5, 0.6) is 0 Å². The van der Waals surface area contributed by atoms with E-state index in [-0.39, 0.29) is 5.92 Å². The van der Waals surface area contributed by atoms with Crippen molar-refractivity contribution in [3.8, 4) is 0 Å². The first kappa shape index (κ1) is 22.2. The fourth-order valence-electron chi connectivity index (χ4n) is 4.56. The molecule has 1 aliphatic heterocycles. The van der Waals surface area contributed by atoms with Crippen molar-refractivity contribution in [2.75, 3.05) is 5.32 Å². The van der Waals surface area contributed by atoms with Gasteiger partial charge in [0, 0.05) is 4.88 Å². The van der Waals surface area contributed by atoms with E-state index >= 15 is 0 Å². The number of nitrogens with one attached hydrogen (secondary N) is 1. The van der Waals surface area contributed by atoms with Gasteiger partial charge in [-0.3, -0.25) is 24.1 Å². The minimum Gasteiger partial charge on any atom is -0.365 e. The smallest absolute Gasteiger partial charge is 0.262 e. The van der Waals surface area contributed by atoms with Crippen LogP contribution in [0.1, 0.15) is 75.1 Å². The molecule has 1 aromatic carbocycles. The number of carbonyl (C=O) groups excluding carboxylic acids is 4. The van der Waals surface area contributed by atoms with E-state index < -0.39 is 29.7 Å². The molecule has 2 aromatic rings. The van der Waals surface area contributed by atoms with Crippen molar-refractivity contribution in [2.24, 2.45) is 17.6 Å². The Kier molecular flexibility index (Phi) is 5.90. The van der Waals surface area contributed by atoms with Gasteiger partial charge in [0.05, 0.1) is 16.7 Å². The van der Waals surface area contributed by atoms with Crippen LogP contribution in [0, 0.1) is 11.8 Å². The summed E-state index contributed by atoms with van der Waals surface area (Å²) >= 11 is 1.37. The number of carbonyl (C=O) groups is 4. The van der Waals surface area contributed by atoms with Crippen LogP contribution in [0.4, 0.5) is 5.00 Å². The second-order valence-corrected chi connectivity index (χ2v) is 10.2. The van der Waals surface area contributed by atoms with Gasteiger partial charge in [0.2, 0.25) is 5.91 Å². The van der Waals surface area contributed by atoms with E-state index in [0.717, 1.165) is 34.6 Å². The van der Waals surface area contributed by atoms with Gasteiger partial charge in [0.25, 0.3) is 17.7 Å². The third-order valence-corrected chi connectivity index (χ3v) is 7.30. The molecule has 4 amide bonds. The molecule has 2 aliphatic rings. The lowest BCUT2D eigenvalue weighted by Gasteiger charge is -2.26. The SMILES string of the molecule is CC(C)C[C@H](C(=O)Nc1sc2c(c1C(N)=O)CC[C@H](C)C2)N1C(=O)c2ccccc2C1=O. The molecule has 32 heavy (non-hydrogen) atoms. The first-order valence-electron chi connectivity index (χ1n) is 10.9. The lowest BCUT2D eigenvalue weighted by molar-refractivity contribution is -0.120. The van der Waals surface area contributed by atoms with Gasteiger partial charge in [-0.05, 0) is 55.2 Å². The second-order valence-electron chi connectivity index (χ2n) is 9.08. The minimum atomic E-state index is -0.985. The first-order valence-corrected chi connectivity index (χ1v) is 11.7. The Morgan fingerprint density at radius 1 is 1.19 bits per heavy atom. The predicted octanol–water partition coefficient (Wildman–Crippen LogP) is 3.62. The molecule has 2 atom stereocenters. The number of primary amides is 1. The number of anilines is 1. The van der Waals surface area contributed by atoms with E-state index in [1.165, 1.54) is 11.3 Å². The highest BCUT2D eigenvalue weighted by molar-refractivity contribution is 7.17. The van der Waals surface area contributed by atoms with Crippen LogP contribution in [0.15, 0.2) is 24.3 Å². The van der Waals surface area contributed by atoms with Gasteiger partial charge < -0.3 is 11.1 Å². The van der Waals surface area contributed by atoms with Crippen LogP contribution in [0.2, 0.25) is 0 Å². The molecule has 0 fully saturated rings. The Morgan fingerprint density at radius 3 is 2.38 bits per heavy atom.